The molecule has 0 unspecified atom stereocenters. The summed E-state index contributed by atoms with van der Waals surface area (Å²) < 4.78 is 0. The monoisotopic (exact) mass is 332 g/mol. The lowest BCUT2D eigenvalue weighted by atomic mass is 9.89. The van der Waals surface area contributed by atoms with Crippen LogP contribution in [0.3, 0.4) is 0 Å². The Labute approximate surface area is 146 Å². The molecule has 3 aromatic rings. The maximum Gasteiger partial charge on any atom is 0.281 e. The summed E-state index contributed by atoms with van der Waals surface area (Å²) >= 11 is 0. The summed E-state index contributed by atoms with van der Waals surface area (Å²) in [6.07, 6.45) is 0. The second-order valence-corrected chi connectivity index (χ2v) is 6.13. The number of benzene rings is 2. The van der Waals surface area contributed by atoms with Gasteiger partial charge in [0.25, 0.3) is 5.91 Å². The van der Waals surface area contributed by atoms with Crippen molar-refractivity contribution in [1.82, 2.24) is 4.98 Å². The molecule has 0 spiro atoms. The third-order valence-electron chi connectivity index (χ3n) is 4.00. The topological polar surface area (TPSA) is 94.4 Å². The molecule has 0 aliphatic rings. The summed E-state index contributed by atoms with van der Waals surface area (Å²) in [4.78, 5) is 21.4. The van der Waals surface area contributed by atoms with E-state index < -0.39 is 5.91 Å². The molecule has 126 valence electrons. The number of aliphatic imine (C=N–C) groups is 1. The van der Waals surface area contributed by atoms with E-state index in [9.17, 15) is 4.79 Å². The fraction of sp³-hybridized carbons (Fsp3) is 0.150. The Morgan fingerprint density at radius 1 is 1.00 bits per heavy atom. The predicted molar refractivity (Wildman–Crippen MR) is 101 cm³/mol. The number of hydrogen-bond acceptors (Lipinski definition) is 2. The Kier molecular flexibility index (Phi) is 4.48. The zero-order chi connectivity index (χ0) is 18.0. The van der Waals surface area contributed by atoms with Crippen LogP contribution in [0.5, 0.6) is 0 Å². The second-order valence-electron chi connectivity index (χ2n) is 6.13. The Bertz CT molecular complexity index is 958. The SMILES string of the molecule is CC(C)c1c(-c2ccccc2)nc2ccccc2c1C(=O)N=C(N)N. The summed E-state index contributed by atoms with van der Waals surface area (Å²) in [7, 11) is 0. The number of guanidine groups is 1. The molecule has 3 rings (SSSR count). The first-order chi connectivity index (χ1) is 12.0. The van der Waals surface area contributed by atoms with Gasteiger partial charge >= 0.3 is 0 Å². The van der Waals surface area contributed by atoms with Crippen molar-refractivity contribution in [2.75, 3.05) is 0 Å². The molecule has 0 saturated carbocycles. The molecule has 1 amide bonds. The molecule has 5 nitrogen and oxygen atoms in total. The van der Waals surface area contributed by atoms with Gasteiger partial charge in [-0.2, -0.15) is 4.99 Å². The highest BCUT2D eigenvalue weighted by atomic mass is 16.1. The van der Waals surface area contributed by atoms with Crippen molar-refractivity contribution in [3.05, 3.63) is 65.7 Å². The van der Waals surface area contributed by atoms with Gasteiger partial charge in [-0.3, -0.25) is 4.79 Å². The number of fused-ring (bicyclic) bond motifs is 1. The van der Waals surface area contributed by atoms with E-state index in [-0.39, 0.29) is 11.9 Å². The van der Waals surface area contributed by atoms with Crippen LogP contribution in [0.1, 0.15) is 35.7 Å². The van der Waals surface area contributed by atoms with Crippen molar-refractivity contribution < 1.29 is 4.79 Å². The summed E-state index contributed by atoms with van der Waals surface area (Å²) in [6, 6.07) is 17.4. The number of nitrogens with two attached hydrogens (primary N) is 2. The molecule has 0 radical (unpaired) electrons. The third kappa shape index (κ3) is 3.21. The van der Waals surface area contributed by atoms with E-state index in [2.05, 4.69) is 4.99 Å². The minimum Gasteiger partial charge on any atom is -0.370 e. The predicted octanol–water partition coefficient (Wildman–Crippen LogP) is 3.44. The van der Waals surface area contributed by atoms with Crippen molar-refractivity contribution in [3.8, 4) is 11.3 Å². The van der Waals surface area contributed by atoms with Crippen molar-refractivity contribution in [2.45, 2.75) is 19.8 Å². The molecular formula is C20H20N4O. The summed E-state index contributed by atoms with van der Waals surface area (Å²) in [5, 5.41) is 0.751. The van der Waals surface area contributed by atoms with Gasteiger partial charge in [0, 0.05) is 10.9 Å². The molecule has 0 saturated heterocycles. The first kappa shape index (κ1) is 16.6. The Morgan fingerprint density at radius 2 is 1.64 bits per heavy atom. The molecule has 1 aromatic heterocycles. The van der Waals surface area contributed by atoms with Crippen LogP contribution in [0.15, 0.2) is 59.6 Å². The first-order valence-corrected chi connectivity index (χ1v) is 8.11. The number of hydrogen-bond donors (Lipinski definition) is 2. The lowest BCUT2D eigenvalue weighted by molar-refractivity contribution is 0.100. The highest BCUT2D eigenvalue weighted by Crippen LogP contribution is 2.35. The van der Waals surface area contributed by atoms with E-state index in [0.29, 0.717) is 5.56 Å². The summed E-state index contributed by atoms with van der Waals surface area (Å²) in [5.41, 5.74) is 14.7. The highest BCUT2D eigenvalue weighted by molar-refractivity contribution is 6.12. The summed E-state index contributed by atoms with van der Waals surface area (Å²) in [5.74, 6) is -0.623. The van der Waals surface area contributed by atoms with Crippen LogP contribution >= 0.6 is 0 Å². The number of amides is 1. The van der Waals surface area contributed by atoms with Gasteiger partial charge in [0.15, 0.2) is 5.96 Å². The standard InChI is InChI=1S/C20H20N4O/c1-12(2)16-17(19(25)24-20(21)22)14-10-6-7-11-15(14)23-18(16)13-8-4-3-5-9-13/h3-12H,1-2H3,(H4,21,22,24,25). The number of carbonyl (C=O) groups excluding carboxylic acids is 1. The first-order valence-electron chi connectivity index (χ1n) is 8.11. The van der Waals surface area contributed by atoms with E-state index in [1.54, 1.807) is 0 Å². The normalized spacial score (nSPS) is 10.8. The number of nitrogens with zero attached hydrogens (tertiary/aromatic N) is 2. The van der Waals surface area contributed by atoms with Crippen molar-refractivity contribution in [1.29, 1.82) is 0 Å². The molecular weight excluding hydrogens is 312 g/mol. The van der Waals surface area contributed by atoms with E-state index in [0.717, 1.165) is 27.7 Å². The maximum absolute atomic E-state index is 12.8. The molecule has 5 heteroatoms. The van der Waals surface area contributed by atoms with Gasteiger partial charge in [-0.15, -0.1) is 0 Å². The van der Waals surface area contributed by atoms with Crippen LogP contribution in [0.4, 0.5) is 0 Å². The van der Waals surface area contributed by atoms with Crippen molar-refractivity contribution in [2.24, 2.45) is 16.5 Å². The van der Waals surface area contributed by atoms with Crippen LogP contribution in [-0.2, 0) is 0 Å². The van der Waals surface area contributed by atoms with E-state index in [1.807, 2.05) is 68.4 Å². The van der Waals surface area contributed by atoms with Gasteiger partial charge < -0.3 is 11.5 Å². The third-order valence-corrected chi connectivity index (χ3v) is 4.00. The molecule has 0 aliphatic carbocycles. The minimum absolute atomic E-state index is 0.0699. The number of carbonyl (C=O) groups is 1. The number of pyridine rings is 1. The molecule has 0 bridgehead atoms. The van der Waals surface area contributed by atoms with Gasteiger partial charge in [0.1, 0.15) is 0 Å². The fourth-order valence-electron chi connectivity index (χ4n) is 3.01. The Morgan fingerprint density at radius 3 is 2.28 bits per heavy atom. The summed E-state index contributed by atoms with van der Waals surface area (Å²) in [6.45, 7) is 4.06. The fourth-order valence-corrected chi connectivity index (χ4v) is 3.01. The quantitative estimate of drug-likeness (QED) is 0.567. The Balaban J connectivity index is 2.43. The lowest BCUT2D eigenvalue weighted by Gasteiger charge is -2.18. The number of aromatic nitrogens is 1. The largest absolute Gasteiger partial charge is 0.370 e. The van der Waals surface area contributed by atoms with Crippen molar-refractivity contribution >= 4 is 22.8 Å². The molecule has 4 N–H and O–H groups in total. The molecule has 0 aliphatic heterocycles. The van der Waals surface area contributed by atoms with Gasteiger partial charge in [0.05, 0.1) is 16.8 Å². The second kappa shape index (κ2) is 6.73. The molecule has 2 aromatic carbocycles. The lowest BCUT2D eigenvalue weighted by Crippen LogP contribution is -2.24. The molecule has 0 atom stereocenters. The van der Waals surface area contributed by atoms with Crippen LogP contribution in [0, 0.1) is 0 Å². The van der Waals surface area contributed by atoms with Gasteiger partial charge in [0.2, 0.25) is 0 Å². The highest BCUT2D eigenvalue weighted by Gasteiger charge is 2.23. The average molecular weight is 332 g/mol. The maximum atomic E-state index is 12.8. The van der Waals surface area contributed by atoms with Crippen LogP contribution in [-0.4, -0.2) is 16.9 Å². The van der Waals surface area contributed by atoms with E-state index in [4.69, 9.17) is 16.5 Å². The average Bonchev–Trinajstić information content (AvgIpc) is 2.60. The smallest absolute Gasteiger partial charge is 0.281 e. The zero-order valence-corrected chi connectivity index (χ0v) is 14.2. The van der Waals surface area contributed by atoms with Gasteiger partial charge in [-0.25, -0.2) is 4.98 Å². The van der Waals surface area contributed by atoms with Gasteiger partial charge in [-0.1, -0.05) is 62.4 Å². The van der Waals surface area contributed by atoms with E-state index in [1.165, 1.54) is 0 Å². The molecule has 0 fully saturated rings. The Hall–Kier alpha value is -3.21. The van der Waals surface area contributed by atoms with Crippen molar-refractivity contribution in [3.63, 3.8) is 0 Å². The van der Waals surface area contributed by atoms with E-state index >= 15 is 0 Å². The zero-order valence-electron chi connectivity index (χ0n) is 14.2. The minimum atomic E-state index is -0.445. The number of rotatable bonds is 3. The molecule has 25 heavy (non-hydrogen) atoms. The number of para-hydroxylation sites is 1. The molecule has 1 heterocycles. The van der Waals surface area contributed by atoms with Crippen LogP contribution < -0.4 is 11.5 Å². The van der Waals surface area contributed by atoms with Crippen LogP contribution in [0.2, 0.25) is 0 Å². The van der Waals surface area contributed by atoms with Crippen LogP contribution in [0.25, 0.3) is 22.2 Å². The van der Waals surface area contributed by atoms with Gasteiger partial charge in [-0.05, 0) is 17.5 Å².